The first-order valence-electron chi connectivity index (χ1n) is 7.19. The summed E-state index contributed by atoms with van der Waals surface area (Å²) in [6.07, 6.45) is 2.83. The van der Waals surface area contributed by atoms with Crippen LogP contribution in [-0.4, -0.2) is 36.6 Å². The molecule has 1 aromatic carbocycles. The van der Waals surface area contributed by atoms with Crippen LogP contribution in [0.3, 0.4) is 0 Å². The first-order chi connectivity index (χ1) is 10.1. The lowest BCUT2D eigenvalue weighted by Crippen LogP contribution is -2.27. The average molecular weight is 284 g/mol. The Labute approximate surface area is 124 Å². The molecule has 1 aliphatic rings. The normalized spacial score (nSPS) is 18.7. The summed E-state index contributed by atoms with van der Waals surface area (Å²) in [5.41, 5.74) is 4.20. The van der Waals surface area contributed by atoms with Gasteiger partial charge in [0.05, 0.1) is 12.7 Å². The molecule has 0 radical (unpaired) electrons. The van der Waals surface area contributed by atoms with Crippen LogP contribution < -0.4 is 0 Å². The molecule has 2 heterocycles. The molecule has 0 fully saturated rings. The number of H-pyrrole nitrogens is 1. The third-order valence-electron chi connectivity index (χ3n) is 4.22. The van der Waals surface area contributed by atoms with Crippen LogP contribution >= 0.6 is 0 Å². The molecule has 2 aromatic rings. The van der Waals surface area contributed by atoms with Crippen LogP contribution in [0.5, 0.6) is 0 Å². The van der Waals surface area contributed by atoms with Crippen LogP contribution in [0.25, 0.3) is 10.9 Å². The van der Waals surface area contributed by atoms with Gasteiger partial charge in [-0.3, -0.25) is 0 Å². The van der Waals surface area contributed by atoms with E-state index in [0.717, 1.165) is 29.7 Å². The largest absolute Gasteiger partial charge is 0.466 e. The lowest BCUT2D eigenvalue weighted by atomic mass is 9.85. The minimum Gasteiger partial charge on any atom is -0.466 e. The van der Waals surface area contributed by atoms with Crippen molar-refractivity contribution in [3.05, 3.63) is 47.3 Å². The summed E-state index contributed by atoms with van der Waals surface area (Å²) in [6.45, 7) is 3.01. The number of hydrogen-bond donors (Lipinski definition) is 1. The number of aromatic nitrogens is 1. The summed E-state index contributed by atoms with van der Waals surface area (Å²) in [5, 5.41) is 1.19. The van der Waals surface area contributed by atoms with Crippen molar-refractivity contribution in [2.75, 3.05) is 20.7 Å². The van der Waals surface area contributed by atoms with E-state index in [-0.39, 0.29) is 11.9 Å². The fraction of sp³-hybridized carbons (Fsp3) is 0.353. The highest BCUT2D eigenvalue weighted by molar-refractivity contribution is 5.93. The molecule has 110 valence electrons. The van der Waals surface area contributed by atoms with E-state index >= 15 is 0 Å². The molecule has 0 saturated heterocycles. The van der Waals surface area contributed by atoms with E-state index in [1.165, 1.54) is 18.1 Å². The molecule has 1 atom stereocenters. The zero-order valence-electron chi connectivity index (χ0n) is 12.6. The Morgan fingerprint density at radius 2 is 2.14 bits per heavy atom. The van der Waals surface area contributed by atoms with Gasteiger partial charge in [0.2, 0.25) is 0 Å². The molecule has 4 nitrogen and oxygen atoms in total. The predicted octanol–water partition coefficient (Wildman–Crippen LogP) is 2.95. The third-order valence-corrected chi connectivity index (χ3v) is 4.22. The number of esters is 1. The van der Waals surface area contributed by atoms with Gasteiger partial charge in [-0.25, -0.2) is 4.79 Å². The first-order valence-corrected chi connectivity index (χ1v) is 7.19. The van der Waals surface area contributed by atoms with Crippen molar-refractivity contribution in [3.63, 3.8) is 0 Å². The Bertz CT molecular complexity index is 715. The molecular weight excluding hydrogens is 264 g/mol. The molecule has 3 rings (SSSR count). The quantitative estimate of drug-likeness (QED) is 0.862. The molecule has 4 heteroatoms. The smallest absolute Gasteiger partial charge is 0.335 e. The molecule has 0 aliphatic carbocycles. The van der Waals surface area contributed by atoms with E-state index in [1.54, 1.807) is 0 Å². The highest BCUT2D eigenvalue weighted by atomic mass is 16.5. The number of nitrogens with one attached hydrogen (secondary N) is 1. The lowest BCUT2D eigenvalue weighted by molar-refractivity contribution is -0.136. The third kappa shape index (κ3) is 2.31. The van der Waals surface area contributed by atoms with E-state index < -0.39 is 0 Å². The second-order valence-electron chi connectivity index (χ2n) is 5.61. The molecule has 0 bridgehead atoms. The number of benzene rings is 1. The average Bonchev–Trinajstić information content (AvgIpc) is 2.82. The minimum atomic E-state index is -0.240. The van der Waals surface area contributed by atoms with Gasteiger partial charge in [-0.2, -0.15) is 0 Å². The van der Waals surface area contributed by atoms with Gasteiger partial charge in [0.1, 0.15) is 0 Å². The van der Waals surface area contributed by atoms with E-state index in [4.69, 9.17) is 4.74 Å². The van der Waals surface area contributed by atoms with Crippen LogP contribution in [0.1, 0.15) is 23.6 Å². The van der Waals surface area contributed by atoms with Gasteiger partial charge in [0.25, 0.3) is 0 Å². The Hall–Kier alpha value is -2.23. The maximum atomic E-state index is 12.1. The first kappa shape index (κ1) is 13.7. The second-order valence-corrected chi connectivity index (χ2v) is 5.61. The Balaban J connectivity index is 2.14. The SMILES string of the molecule is COC(=O)C1=CN(C)CCC1c1c(C)[nH]c2ccccc12. The molecule has 1 aromatic heterocycles. The molecule has 0 spiro atoms. The number of methoxy groups -OCH3 is 1. The number of fused-ring (bicyclic) bond motifs is 1. The Morgan fingerprint density at radius 1 is 1.38 bits per heavy atom. The number of carbonyl (C=O) groups is 1. The number of hydrogen-bond acceptors (Lipinski definition) is 3. The van der Waals surface area contributed by atoms with Crippen molar-refractivity contribution in [2.24, 2.45) is 0 Å². The number of rotatable bonds is 2. The number of aryl methyl sites for hydroxylation is 1. The minimum absolute atomic E-state index is 0.0878. The van der Waals surface area contributed by atoms with Gasteiger partial charge in [0.15, 0.2) is 0 Å². The number of para-hydroxylation sites is 1. The molecule has 1 N–H and O–H groups in total. The molecular formula is C17H20N2O2. The molecule has 21 heavy (non-hydrogen) atoms. The predicted molar refractivity (Wildman–Crippen MR) is 83.1 cm³/mol. The molecule has 0 amide bonds. The summed E-state index contributed by atoms with van der Waals surface area (Å²) in [4.78, 5) is 17.6. The van der Waals surface area contributed by atoms with Crippen molar-refractivity contribution in [1.29, 1.82) is 0 Å². The van der Waals surface area contributed by atoms with Crippen LogP contribution in [0.2, 0.25) is 0 Å². The topological polar surface area (TPSA) is 45.3 Å². The van der Waals surface area contributed by atoms with Crippen molar-refractivity contribution in [2.45, 2.75) is 19.3 Å². The van der Waals surface area contributed by atoms with E-state index in [0.29, 0.717) is 0 Å². The lowest BCUT2D eigenvalue weighted by Gasteiger charge is -2.29. The Kier molecular flexibility index (Phi) is 3.45. The number of aromatic amines is 1. The van der Waals surface area contributed by atoms with Gasteiger partial charge >= 0.3 is 5.97 Å². The van der Waals surface area contributed by atoms with Crippen LogP contribution in [0.4, 0.5) is 0 Å². The fourth-order valence-corrected chi connectivity index (χ4v) is 3.24. The molecule has 1 unspecified atom stereocenters. The summed E-state index contributed by atoms with van der Waals surface area (Å²) in [6, 6.07) is 8.24. The van der Waals surface area contributed by atoms with Gasteiger partial charge in [-0.1, -0.05) is 18.2 Å². The van der Waals surface area contributed by atoms with E-state index in [9.17, 15) is 4.79 Å². The van der Waals surface area contributed by atoms with Gasteiger partial charge < -0.3 is 14.6 Å². The number of nitrogens with zero attached hydrogens (tertiary/aromatic N) is 1. The van der Waals surface area contributed by atoms with Crippen LogP contribution in [0.15, 0.2) is 36.0 Å². The molecule has 1 aliphatic heterocycles. The summed E-state index contributed by atoms with van der Waals surface area (Å²) < 4.78 is 4.97. The van der Waals surface area contributed by atoms with E-state index in [2.05, 4.69) is 24.0 Å². The van der Waals surface area contributed by atoms with Crippen LogP contribution in [-0.2, 0) is 9.53 Å². The van der Waals surface area contributed by atoms with Gasteiger partial charge in [-0.05, 0) is 25.0 Å². The van der Waals surface area contributed by atoms with Crippen molar-refractivity contribution in [1.82, 2.24) is 9.88 Å². The summed E-state index contributed by atoms with van der Waals surface area (Å²) in [7, 11) is 3.43. The number of carbonyl (C=O) groups excluding carboxylic acids is 1. The molecule has 0 saturated carbocycles. The highest BCUT2D eigenvalue weighted by Gasteiger charge is 2.30. The second kappa shape index (κ2) is 5.28. The fourth-order valence-electron chi connectivity index (χ4n) is 3.24. The maximum Gasteiger partial charge on any atom is 0.335 e. The van der Waals surface area contributed by atoms with Crippen LogP contribution in [0, 0.1) is 6.92 Å². The zero-order chi connectivity index (χ0) is 15.0. The monoisotopic (exact) mass is 284 g/mol. The summed E-state index contributed by atoms with van der Waals surface area (Å²) in [5.74, 6) is -0.152. The van der Waals surface area contributed by atoms with Gasteiger partial charge in [-0.15, -0.1) is 0 Å². The van der Waals surface area contributed by atoms with Crippen molar-refractivity contribution < 1.29 is 9.53 Å². The number of ether oxygens (including phenoxy) is 1. The Morgan fingerprint density at radius 3 is 2.90 bits per heavy atom. The highest BCUT2D eigenvalue weighted by Crippen LogP contribution is 2.38. The van der Waals surface area contributed by atoms with Crippen molar-refractivity contribution >= 4 is 16.9 Å². The standard InChI is InChI=1S/C17H20N2O2/c1-11-16(13-6-4-5-7-15(13)18-11)12-8-9-19(2)10-14(12)17(20)21-3/h4-7,10,12,18H,8-9H2,1-3H3. The van der Waals surface area contributed by atoms with Gasteiger partial charge in [0, 0.05) is 42.3 Å². The summed E-state index contributed by atoms with van der Waals surface area (Å²) >= 11 is 0. The van der Waals surface area contributed by atoms with Crippen molar-refractivity contribution in [3.8, 4) is 0 Å². The maximum absolute atomic E-state index is 12.1. The van der Waals surface area contributed by atoms with E-state index in [1.807, 2.05) is 30.3 Å². The zero-order valence-corrected chi connectivity index (χ0v) is 12.6.